The molecule has 2 N–H and O–H groups in total. The average Bonchev–Trinajstić information content (AvgIpc) is 2.24. The number of rotatable bonds is 6. The van der Waals surface area contributed by atoms with Gasteiger partial charge in [-0.15, -0.1) is 0 Å². The van der Waals surface area contributed by atoms with Crippen LogP contribution in [-0.4, -0.2) is 37.5 Å². The van der Waals surface area contributed by atoms with Crippen LogP contribution < -0.4 is 5.32 Å². The fraction of sp³-hybridized carbons (Fsp3) is 1.00. The SMILES string of the molecule is CC1CCCC(NCCOCCO)C1C. The Labute approximate surface area is 93.2 Å². The maximum atomic E-state index is 8.55. The van der Waals surface area contributed by atoms with Crippen LogP contribution in [-0.2, 0) is 4.74 Å². The molecule has 1 saturated carbocycles. The van der Waals surface area contributed by atoms with Crippen molar-refractivity contribution in [3.8, 4) is 0 Å². The van der Waals surface area contributed by atoms with Gasteiger partial charge in [0.1, 0.15) is 0 Å². The lowest BCUT2D eigenvalue weighted by molar-refractivity contribution is 0.0885. The maximum Gasteiger partial charge on any atom is 0.0698 e. The number of hydrogen-bond donors (Lipinski definition) is 2. The van der Waals surface area contributed by atoms with Gasteiger partial charge in [-0.05, 0) is 18.3 Å². The zero-order valence-corrected chi connectivity index (χ0v) is 10.0. The summed E-state index contributed by atoms with van der Waals surface area (Å²) in [6.45, 7) is 6.88. The van der Waals surface area contributed by atoms with Crippen LogP contribution in [0, 0.1) is 11.8 Å². The van der Waals surface area contributed by atoms with Crippen LogP contribution in [0.5, 0.6) is 0 Å². The molecule has 3 nitrogen and oxygen atoms in total. The van der Waals surface area contributed by atoms with Crippen LogP contribution in [0.4, 0.5) is 0 Å². The van der Waals surface area contributed by atoms with Crippen LogP contribution in [0.1, 0.15) is 33.1 Å². The molecule has 3 heteroatoms. The molecule has 1 aliphatic rings. The molecule has 1 aliphatic carbocycles. The maximum absolute atomic E-state index is 8.55. The minimum Gasteiger partial charge on any atom is -0.394 e. The van der Waals surface area contributed by atoms with Crippen molar-refractivity contribution in [2.45, 2.75) is 39.2 Å². The van der Waals surface area contributed by atoms with Gasteiger partial charge in [-0.25, -0.2) is 0 Å². The molecule has 90 valence electrons. The van der Waals surface area contributed by atoms with Crippen molar-refractivity contribution >= 4 is 0 Å². The summed E-state index contributed by atoms with van der Waals surface area (Å²) >= 11 is 0. The van der Waals surface area contributed by atoms with E-state index >= 15 is 0 Å². The third-order valence-corrected chi connectivity index (χ3v) is 3.60. The summed E-state index contributed by atoms with van der Waals surface area (Å²) in [5.74, 6) is 1.62. The molecule has 0 aromatic rings. The van der Waals surface area contributed by atoms with E-state index in [0.29, 0.717) is 19.3 Å². The van der Waals surface area contributed by atoms with Crippen molar-refractivity contribution in [1.29, 1.82) is 0 Å². The Balaban J connectivity index is 2.09. The number of aliphatic hydroxyl groups excluding tert-OH is 1. The van der Waals surface area contributed by atoms with Crippen LogP contribution in [0.15, 0.2) is 0 Å². The molecule has 1 rings (SSSR count). The Morgan fingerprint density at radius 2 is 2.07 bits per heavy atom. The Hall–Kier alpha value is -0.120. The number of hydrogen-bond acceptors (Lipinski definition) is 3. The first-order valence-electron chi connectivity index (χ1n) is 6.17. The largest absolute Gasteiger partial charge is 0.394 e. The van der Waals surface area contributed by atoms with Gasteiger partial charge in [0.05, 0.1) is 19.8 Å². The van der Waals surface area contributed by atoms with Gasteiger partial charge in [0.2, 0.25) is 0 Å². The van der Waals surface area contributed by atoms with Gasteiger partial charge in [0, 0.05) is 12.6 Å². The molecule has 1 fully saturated rings. The van der Waals surface area contributed by atoms with Crippen LogP contribution in [0.2, 0.25) is 0 Å². The van der Waals surface area contributed by atoms with E-state index in [1.165, 1.54) is 19.3 Å². The summed E-state index contributed by atoms with van der Waals surface area (Å²) in [5, 5.41) is 12.1. The van der Waals surface area contributed by atoms with Crippen molar-refractivity contribution < 1.29 is 9.84 Å². The highest BCUT2D eigenvalue weighted by atomic mass is 16.5. The third kappa shape index (κ3) is 4.49. The monoisotopic (exact) mass is 215 g/mol. The second-order valence-corrected chi connectivity index (χ2v) is 4.66. The van der Waals surface area contributed by atoms with Crippen molar-refractivity contribution in [2.75, 3.05) is 26.4 Å². The quantitative estimate of drug-likeness (QED) is 0.658. The predicted octanol–water partition coefficient (Wildman–Crippen LogP) is 1.41. The minimum absolute atomic E-state index is 0.122. The van der Waals surface area contributed by atoms with Gasteiger partial charge >= 0.3 is 0 Å². The lowest BCUT2D eigenvalue weighted by Gasteiger charge is -2.34. The van der Waals surface area contributed by atoms with Gasteiger partial charge in [0.25, 0.3) is 0 Å². The molecule has 0 heterocycles. The molecule has 0 spiro atoms. The number of ether oxygens (including phenoxy) is 1. The molecule has 0 aliphatic heterocycles. The smallest absolute Gasteiger partial charge is 0.0698 e. The summed E-state index contributed by atoms with van der Waals surface area (Å²) in [5.41, 5.74) is 0. The highest BCUT2D eigenvalue weighted by Gasteiger charge is 2.26. The lowest BCUT2D eigenvalue weighted by Crippen LogP contribution is -2.42. The summed E-state index contributed by atoms with van der Waals surface area (Å²) in [4.78, 5) is 0. The topological polar surface area (TPSA) is 41.5 Å². The molecule has 3 atom stereocenters. The van der Waals surface area contributed by atoms with E-state index in [1.54, 1.807) is 0 Å². The second-order valence-electron chi connectivity index (χ2n) is 4.66. The second kappa shape index (κ2) is 7.20. The molecule has 15 heavy (non-hydrogen) atoms. The Bertz CT molecular complexity index is 164. The summed E-state index contributed by atoms with van der Waals surface area (Å²) < 4.78 is 5.22. The van der Waals surface area contributed by atoms with E-state index in [0.717, 1.165) is 18.4 Å². The standard InChI is InChI=1S/C12H25NO2/c1-10-4-3-5-12(11(10)2)13-6-8-15-9-7-14/h10-14H,3-9H2,1-2H3. The predicted molar refractivity (Wildman–Crippen MR) is 61.9 cm³/mol. The van der Waals surface area contributed by atoms with E-state index in [9.17, 15) is 0 Å². The summed E-state index contributed by atoms with van der Waals surface area (Å²) in [7, 11) is 0. The Kier molecular flexibility index (Phi) is 6.22. The lowest BCUT2D eigenvalue weighted by atomic mass is 9.78. The molecule has 0 amide bonds. The summed E-state index contributed by atoms with van der Waals surface area (Å²) in [6, 6.07) is 0.659. The molecule has 0 saturated heterocycles. The summed E-state index contributed by atoms with van der Waals surface area (Å²) in [6.07, 6.45) is 4.02. The van der Waals surface area contributed by atoms with E-state index in [2.05, 4.69) is 19.2 Å². The van der Waals surface area contributed by atoms with Crippen molar-refractivity contribution in [3.63, 3.8) is 0 Å². The highest BCUT2D eigenvalue weighted by Crippen LogP contribution is 2.29. The van der Waals surface area contributed by atoms with E-state index in [1.807, 2.05) is 0 Å². The zero-order valence-electron chi connectivity index (χ0n) is 10.0. The van der Waals surface area contributed by atoms with Crippen LogP contribution >= 0.6 is 0 Å². The van der Waals surface area contributed by atoms with Crippen molar-refractivity contribution in [2.24, 2.45) is 11.8 Å². The average molecular weight is 215 g/mol. The Morgan fingerprint density at radius 1 is 1.27 bits per heavy atom. The molecule has 0 bridgehead atoms. The first kappa shape index (κ1) is 12.9. The highest BCUT2D eigenvalue weighted by molar-refractivity contribution is 4.81. The normalized spacial score (nSPS) is 31.8. The Morgan fingerprint density at radius 3 is 2.80 bits per heavy atom. The van der Waals surface area contributed by atoms with Gasteiger partial charge in [-0.3, -0.25) is 0 Å². The fourth-order valence-electron chi connectivity index (χ4n) is 2.35. The van der Waals surface area contributed by atoms with Gasteiger partial charge < -0.3 is 15.2 Å². The van der Waals surface area contributed by atoms with E-state index < -0.39 is 0 Å². The van der Waals surface area contributed by atoms with Crippen LogP contribution in [0.3, 0.4) is 0 Å². The minimum atomic E-state index is 0.122. The van der Waals surface area contributed by atoms with Gasteiger partial charge in [0.15, 0.2) is 0 Å². The van der Waals surface area contributed by atoms with Crippen LogP contribution in [0.25, 0.3) is 0 Å². The molecular formula is C12H25NO2. The van der Waals surface area contributed by atoms with E-state index in [-0.39, 0.29) is 6.61 Å². The molecular weight excluding hydrogens is 190 g/mol. The van der Waals surface area contributed by atoms with E-state index in [4.69, 9.17) is 9.84 Å². The third-order valence-electron chi connectivity index (χ3n) is 3.60. The molecule has 0 aromatic carbocycles. The fourth-order valence-corrected chi connectivity index (χ4v) is 2.35. The van der Waals surface area contributed by atoms with Crippen molar-refractivity contribution in [1.82, 2.24) is 5.32 Å². The molecule has 3 unspecified atom stereocenters. The van der Waals surface area contributed by atoms with Gasteiger partial charge in [-0.2, -0.15) is 0 Å². The van der Waals surface area contributed by atoms with Crippen molar-refractivity contribution in [3.05, 3.63) is 0 Å². The first-order chi connectivity index (χ1) is 7.25. The number of nitrogens with one attached hydrogen (secondary N) is 1. The number of aliphatic hydroxyl groups is 1. The first-order valence-corrected chi connectivity index (χ1v) is 6.17. The zero-order chi connectivity index (χ0) is 11.1. The molecule has 0 aromatic heterocycles. The van der Waals surface area contributed by atoms with Gasteiger partial charge in [-0.1, -0.05) is 26.7 Å². The molecule has 0 radical (unpaired) electrons.